The van der Waals surface area contributed by atoms with Crippen LogP contribution in [0.3, 0.4) is 0 Å². The van der Waals surface area contributed by atoms with Gasteiger partial charge in [0.2, 0.25) is 0 Å². The second kappa shape index (κ2) is 8.93. The molecular weight excluding hydrogens is 408 g/mol. The van der Waals surface area contributed by atoms with Crippen LogP contribution in [0.1, 0.15) is 45.0 Å². The number of amides is 2. The number of esters is 1. The van der Waals surface area contributed by atoms with Crippen LogP contribution in [-0.4, -0.2) is 49.4 Å². The summed E-state index contributed by atoms with van der Waals surface area (Å²) in [6.07, 6.45) is -0.930. The van der Waals surface area contributed by atoms with Gasteiger partial charge in [-0.15, -0.1) is 11.3 Å². The van der Waals surface area contributed by atoms with Gasteiger partial charge in [0.25, 0.3) is 0 Å². The molecule has 0 fully saturated rings. The number of β-amino-alcohol motifs (C(OH)–C–C–N with tert-alkyl or cyclic N) is 1. The van der Waals surface area contributed by atoms with Crippen molar-refractivity contribution in [3.8, 4) is 11.5 Å². The van der Waals surface area contributed by atoms with E-state index in [-0.39, 0.29) is 19.7 Å². The third-order valence-electron chi connectivity index (χ3n) is 5.16. The number of rotatable bonds is 5. The van der Waals surface area contributed by atoms with Crippen molar-refractivity contribution >= 4 is 28.3 Å². The Hall–Kier alpha value is -2.78. The van der Waals surface area contributed by atoms with Crippen LogP contribution in [0.5, 0.6) is 11.5 Å². The van der Waals surface area contributed by atoms with Crippen LogP contribution in [0.25, 0.3) is 0 Å². The van der Waals surface area contributed by atoms with Crippen molar-refractivity contribution in [2.45, 2.75) is 33.4 Å². The smallest absolute Gasteiger partial charge is 0.341 e. The van der Waals surface area contributed by atoms with Crippen LogP contribution < -0.4 is 14.8 Å². The highest BCUT2D eigenvalue weighted by molar-refractivity contribution is 7.16. The lowest BCUT2D eigenvalue weighted by molar-refractivity contribution is 0.0527. The second-order valence-corrected chi connectivity index (χ2v) is 8.12. The number of hydrogen-bond donors (Lipinski definition) is 2. The van der Waals surface area contributed by atoms with Crippen molar-refractivity contribution in [1.29, 1.82) is 0 Å². The van der Waals surface area contributed by atoms with Gasteiger partial charge in [-0.3, -0.25) is 5.32 Å². The molecule has 3 rings (SSSR count). The highest BCUT2D eigenvalue weighted by Gasteiger charge is 2.33. The highest BCUT2D eigenvalue weighted by atomic mass is 32.1. The number of thiophene rings is 1. The number of fused-ring (bicyclic) bond motifs is 1. The van der Waals surface area contributed by atoms with Gasteiger partial charge in [0, 0.05) is 16.0 Å². The van der Waals surface area contributed by atoms with E-state index in [1.165, 1.54) is 30.5 Å². The van der Waals surface area contributed by atoms with Crippen molar-refractivity contribution in [3.05, 3.63) is 39.3 Å². The zero-order chi connectivity index (χ0) is 22.0. The fourth-order valence-corrected chi connectivity index (χ4v) is 4.61. The Bertz CT molecular complexity index is 971. The van der Waals surface area contributed by atoms with Gasteiger partial charge in [-0.1, -0.05) is 0 Å². The first kappa shape index (κ1) is 21.9. The molecular formula is C21H26N2O6S. The fourth-order valence-electron chi connectivity index (χ4n) is 3.57. The van der Waals surface area contributed by atoms with Gasteiger partial charge in [0.05, 0.1) is 39.5 Å². The van der Waals surface area contributed by atoms with Crippen molar-refractivity contribution in [2.24, 2.45) is 0 Å². The van der Waals surface area contributed by atoms with Gasteiger partial charge < -0.3 is 24.2 Å². The van der Waals surface area contributed by atoms with E-state index in [1.807, 2.05) is 13.8 Å². The van der Waals surface area contributed by atoms with E-state index in [9.17, 15) is 14.7 Å². The Balaban J connectivity index is 1.89. The summed E-state index contributed by atoms with van der Waals surface area (Å²) in [7, 11) is 3.07. The summed E-state index contributed by atoms with van der Waals surface area (Å²) in [6, 6.07) is 3.06. The molecule has 2 N–H and O–H groups in total. The van der Waals surface area contributed by atoms with E-state index in [4.69, 9.17) is 14.2 Å². The first-order chi connectivity index (χ1) is 14.3. The first-order valence-corrected chi connectivity index (χ1v) is 10.4. The van der Waals surface area contributed by atoms with E-state index in [0.717, 1.165) is 10.4 Å². The summed E-state index contributed by atoms with van der Waals surface area (Å²) < 4.78 is 15.9. The summed E-state index contributed by atoms with van der Waals surface area (Å²) in [5.74, 6) is 0.648. The maximum Gasteiger partial charge on any atom is 0.341 e. The zero-order valence-corrected chi connectivity index (χ0v) is 18.5. The third kappa shape index (κ3) is 3.95. The van der Waals surface area contributed by atoms with Crippen LogP contribution in [0.15, 0.2) is 12.1 Å². The molecule has 162 valence electrons. The lowest BCUT2D eigenvalue weighted by atomic mass is 9.95. The number of aliphatic hydroxyl groups is 1. The number of urea groups is 1. The van der Waals surface area contributed by atoms with Gasteiger partial charge in [0.1, 0.15) is 22.6 Å². The van der Waals surface area contributed by atoms with E-state index in [1.54, 1.807) is 19.1 Å². The fraction of sp³-hybridized carbons (Fsp3) is 0.429. The molecule has 0 saturated carbocycles. The Morgan fingerprint density at radius 1 is 1.23 bits per heavy atom. The molecule has 2 heterocycles. The van der Waals surface area contributed by atoms with Gasteiger partial charge in [-0.05, 0) is 38.5 Å². The van der Waals surface area contributed by atoms with Crippen molar-refractivity contribution < 1.29 is 28.9 Å². The predicted octanol–water partition coefficient (Wildman–Crippen LogP) is 3.64. The predicted molar refractivity (Wildman–Crippen MR) is 114 cm³/mol. The number of aryl methyl sites for hydroxylation is 1. The summed E-state index contributed by atoms with van der Waals surface area (Å²) in [5.41, 5.74) is 2.46. The van der Waals surface area contributed by atoms with Crippen molar-refractivity contribution in [1.82, 2.24) is 4.90 Å². The number of carbonyl (C=O) groups excluding carboxylic acids is 2. The first-order valence-electron chi connectivity index (χ1n) is 9.57. The molecule has 0 unspecified atom stereocenters. The quantitative estimate of drug-likeness (QED) is 0.698. The number of anilines is 1. The number of hydrogen-bond acceptors (Lipinski definition) is 7. The molecule has 1 atom stereocenters. The minimum atomic E-state index is -0.930. The Morgan fingerprint density at radius 3 is 2.53 bits per heavy atom. The topological polar surface area (TPSA) is 97.3 Å². The van der Waals surface area contributed by atoms with Gasteiger partial charge in [-0.2, -0.15) is 0 Å². The summed E-state index contributed by atoms with van der Waals surface area (Å²) in [6.45, 7) is 6.01. The summed E-state index contributed by atoms with van der Waals surface area (Å²) in [5, 5.41) is 14.0. The molecule has 30 heavy (non-hydrogen) atoms. The van der Waals surface area contributed by atoms with Crippen LogP contribution in [-0.2, 0) is 11.3 Å². The lowest BCUT2D eigenvalue weighted by Crippen LogP contribution is -2.41. The molecule has 0 spiro atoms. The van der Waals surface area contributed by atoms with E-state index >= 15 is 0 Å². The van der Waals surface area contributed by atoms with Crippen LogP contribution in [0.4, 0.5) is 9.80 Å². The number of nitrogens with one attached hydrogen (secondary N) is 1. The second-order valence-electron chi connectivity index (χ2n) is 6.90. The molecule has 2 aromatic rings. The van der Waals surface area contributed by atoms with Crippen LogP contribution in [0, 0.1) is 13.8 Å². The largest absolute Gasteiger partial charge is 0.496 e. The summed E-state index contributed by atoms with van der Waals surface area (Å²) >= 11 is 1.32. The monoisotopic (exact) mass is 434 g/mol. The Labute approximate surface area is 179 Å². The third-order valence-corrected chi connectivity index (χ3v) is 6.28. The van der Waals surface area contributed by atoms with E-state index < -0.39 is 18.1 Å². The maximum absolute atomic E-state index is 13.0. The van der Waals surface area contributed by atoms with Gasteiger partial charge in [0.15, 0.2) is 0 Å². The molecule has 1 aromatic carbocycles. The number of nitrogens with zero attached hydrogens (tertiary/aromatic N) is 1. The molecule has 1 aliphatic rings. The van der Waals surface area contributed by atoms with Crippen LogP contribution in [0.2, 0.25) is 0 Å². The molecule has 9 heteroatoms. The van der Waals surface area contributed by atoms with E-state index in [0.29, 0.717) is 33.2 Å². The Morgan fingerprint density at radius 2 is 1.90 bits per heavy atom. The molecule has 1 aromatic heterocycles. The number of benzene rings is 1. The molecule has 0 saturated heterocycles. The number of aliphatic hydroxyl groups excluding tert-OH is 1. The normalized spacial score (nSPS) is 15.4. The zero-order valence-electron chi connectivity index (χ0n) is 17.7. The molecule has 0 aliphatic carbocycles. The maximum atomic E-state index is 13.0. The van der Waals surface area contributed by atoms with Crippen LogP contribution >= 0.6 is 11.3 Å². The minimum Gasteiger partial charge on any atom is -0.496 e. The number of carbonyl (C=O) groups is 2. The molecule has 8 nitrogen and oxygen atoms in total. The average Bonchev–Trinajstić information content (AvgIpc) is 3.00. The lowest BCUT2D eigenvalue weighted by Gasteiger charge is -2.33. The summed E-state index contributed by atoms with van der Waals surface area (Å²) in [4.78, 5) is 27.8. The van der Waals surface area contributed by atoms with E-state index in [2.05, 4.69) is 5.32 Å². The van der Waals surface area contributed by atoms with Crippen molar-refractivity contribution in [2.75, 3.05) is 32.7 Å². The highest BCUT2D eigenvalue weighted by Crippen LogP contribution is 2.40. The average molecular weight is 435 g/mol. The number of methoxy groups -OCH3 is 2. The SMILES string of the molecule is CCOC(=O)c1c(NC(=O)N2Cc3c(OC)ccc(OC)c3[C@@H](O)C2)sc(C)c1C. The minimum absolute atomic E-state index is 0.0838. The molecule has 1 aliphatic heterocycles. The molecule has 0 bridgehead atoms. The van der Waals surface area contributed by atoms with Gasteiger partial charge in [-0.25, -0.2) is 9.59 Å². The molecule has 2 amide bonds. The van der Waals surface area contributed by atoms with Gasteiger partial charge >= 0.3 is 12.0 Å². The van der Waals surface area contributed by atoms with Crippen molar-refractivity contribution in [3.63, 3.8) is 0 Å². The standard InChI is InChI=1S/C21H26N2O6S/c1-6-29-20(25)17-11(2)12(3)30-19(17)22-21(26)23-9-13-15(27-4)7-8-16(28-5)18(13)14(24)10-23/h7-8,14,24H,6,9-10H2,1-5H3,(H,22,26)/t14-/m0/s1. The number of ether oxygens (including phenoxy) is 3. The molecule has 0 radical (unpaired) electrons. The Kier molecular flexibility index (Phi) is 6.52.